The van der Waals surface area contributed by atoms with Gasteiger partial charge in [0.1, 0.15) is 5.84 Å². The van der Waals surface area contributed by atoms with Crippen molar-refractivity contribution in [1.82, 2.24) is 5.32 Å². The summed E-state index contributed by atoms with van der Waals surface area (Å²) in [4.78, 5) is 6.94. The number of piperidine rings is 1. The summed E-state index contributed by atoms with van der Waals surface area (Å²) in [5.74, 6) is 1.52. The first-order valence-electron chi connectivity index (χ1n) is 7.61. The topological polar surface area (TPSA) is 47.9 Å². The van der Waals surface area contributed by atoms with Gasteiger partial charge in [0.25, 0.3) is 0 Å². The first-order chi connectivity index (χ1) is 9.86. The maximum atomic E-state index is 9.19. The molecule has 1 saturated heterocycles. The third kappa shape index (κ3) is 2.96. The number of hydrogen-bond donors (Lipinski definition) is 2. The zero-order chi connectivity index (χ0) is 13.8. The third-order valence-electron chi connectivity index (χ3n) is 4.28. The number of hydrogen-bond acceptors (Lipinski definition) is 4. The lowest BCUT2D eigenvalue weighted by Crippen LogP contribution is -2.34. The van der Waals surface area contributed by atoms with Gasteiger partial charge in [-0.3, -0.25) is 4.99 Å². The molecule has 1 fully saturated rings. The number of aliphatic imine (C=N–C) groups is 1. The SMILES string of the molecule is OCC1CCN(c2ccc(C3=NCCCN3)cc2)CC1. The van der Waals surface area contributed by atoms with Crippen LogP contribution in [-0.4, -0.2) is 43.7 Å². The minimum atomic E-state index is 0.332. The maximum absolute atomic E-state index is 9.19. The predicted molar refractivity (Wildman–Crippen MR) is 82.5 cm³/mol. The van der Waals surface area contributed by atoms with E-state index in [1.165, 1.54) is 11.3 Å². The van der Waals surface area contributed by atoms with E-state index in [0.717, 1.165) is 51.3 Å². The zero-order valence-electron chi connectivity index (χ0n) is 11.9. The van der Waals surface area contributed by atoms with Crippen LogP contribution in [-0.2, 0) is 0 Å². The molecule has 0 aromatic heterocycles. The molecular formula is C16H23N3O. The van der Waals surface area contributed by atoms with E-state index in [1.54, 1.807) is 0 Å². The van der Waals surface area contributed by atoms with Gasteiger partial charge in [0.05, 0.1) is 0 Å². The molecule has 0 atom stereocenters. The van der Waals surface area contributed by atoms with Gasteiger partial charge in [-0.15, -0.1) is 0 Å². The standard InChI is InChI=1S/C16H23N3O/c20-12-13-6-10-19(11-7-13)15-4-2-14(3-5-15)16-17-8-1-9-18-16/h2-5,13,20H,1,6-12H2,(H,17,18). The van der Waals surface area contributed by atoms with Crippen LogP contribution in [0.25, 0.3) is 0 Å². The van der Waals surface area contributed by atoms with Gasteiger partial charge >= 0.3 is 0 Å². The largest absolute Gasteiger partial charge is 0.396 e. The highest BCUT2D eigenvalue weighted by atomic mass is 16.3. The first kappa shape index (κ1) is 13.4. The molecule has 0 unspecified atom stereocenters. The molecule has 4 nitrogen and oxygen atoms in total. The molecule has 0 aliphatic carbocycles. The monoisotopic (exact) mass is 273 g/mol. The molecule has 20 heavy (non-hydrogen) atoms. The van der Waals surface area contributed by atoms with Crippen molar-refractivity contribution in [2.24, 2.45) is 10.9 Å². The number of nitrogens with zero attached hydrogens (tertiary/aromatic N) is 2. The van der Waals surface area contributed by atoms with E-state index in [-0.39, 0.29) is 0 Å². The van der Waals surface area contributed by atoms with Gasteiger partial charge < -0.3 is 15.3 Å². The summed E-state index contributed by atoms with van der Waals surface area (Å²) in [6.45, 7) is 4.37. The van der Waals surface area contributed by atoms with Crippen LogP contribution in [0.5, 0.6) is 0 Å². The van der Waals surface area contributed by atoms with Crippen LogP contribution >= 0.6 is 0 Å². The lowest BCUT2D eigenvalue weighted by atomic mass is 9.97. The Hall–Kier alpha value is -1.55. The van der Waals surface area contributed by atoms with Crippen LogP contribution < -0.4 is 10.2 Å². The van der Waals surface area contributed by atoms with E-state index in [0.29, 0.717) is 12.5 Å². The first-order valence-corrected chi connectivity index (χ1v) is 7.61. The molecule has 108 valence electrons. The van der Waals surface area contributed by atoms with Gasteiger partial charge in [0.2, 0.25) is 0 Å². The molecule has 2 N–H and O–H groups in total. The van der Waals surface area contributed by atoms with E-state index in [2.05, 4.69) is 39.5 Å². The molecule has 0 bridgehead atoms. The molecule has 1 aromatic rings. The van der Waals surface area contributed by atoms with Gasteiger partial charge in [-0.25, -0.2) is 0 Å². The van der Waals surface area contributed by atoms with Crippen LogP contribution in [0.2, 0.25) is 0 Å². The lowest BCUT2D eigenvalue weighted by molar-refractivity contribution is 0.203. The number of rotatable bonds is 3. The highest BCUT2D eigenvalue weighted by Crippen LogP contribution is 2.23. The quantitative estimate of drug-likeness (QED) is 0.880. The molecule has 4 heteroatoms. The van der Waals surface area contributed by atoms with Crippen molar-refractivity contribution in [1.29, 1.82) is 0 Å². The average Bonchev–Trinajstić information content (AvgIpc) is 2.56. The van der Waals surface area contributed by atoms with Crippen molar-refractivity contribution < 1.29 is 5.11 Å². The van der Waals surface area contributed by atoms with E-state index in [1.807, 2.05) is 0 Å². The number of benzene rings is 1. The Kier molecular flexibility index (Phi) is 4.21. The number of amidine groups is 1. The van der Waals surface area contributed by atoms with Crippen molar-refractivity contribution in [3.05, 3.63) is 29.8 Å². The zero-order valence-corrected chi connectivity index (χ0v) is 11.9. The second-order valence-electron chi connectivity index (χ2n) is 5.67. The van der Waals surface area contributed by atoms with Crippen molar-refractivity contribution in [2.45, 2.75) is 19.3 Å². The van der Waals surface area contributed by atoms with Gasteiger partial charge in [-0.05, 0) is 49.4 Å². The molecule has 1 aromatic carbocycles. The van der Waals surface area contributed by atoms with E-state index >= 15 is 0 Å². The van der Waals surface area contributed by atoms with Crippen LogP contribution in [0.4, 0.5) is 5.69 Å². The molecular weight excluding hydrogens is 250 g/mol. The molecule has 0 amide bonds. The molecule has 0 saturated carbocycles. The number of aliphatic hydroxyl groups is 1. The van der Waals surface area contributed by atoms with Gasteiger partial charge in [0.15, 0.2) is 0 Å². The summed E-state index contributed by atoms with van der Waals surface area (Å²) >= 11 is 0. The summed E-state index contributed by atoms with van der Waals surface area (Å²) in [5, 5.41) is 12.5. The van der Waals surface area contributed by atoms with Crippen LogP contribution in [0, 0.1) is 5.92 Å². The molecule has 2 heterocycles. The van der Waals surface area contributed by atoms with E-state index < -0.39 is 0 Å². The fourth-order valence-electron chi connectivity index (χ4n) is 2.93. The lowest BCUT2D eigenvalue weighted by Gasteiger charge is -2.33. The van der Waals surface area contributed by atoms with Crippen LogP contribution in [0.1, 0.15) is 24.8 Å². The van der Waals surface area contributed by atoms with Gasteiger partial charge in [0, 0.05) is 44.0 Å². The Bertz CT molecular complexity index is 461. The van der Waals surface area contributed by atoms with Crippen molar-refractivity contribution in [2.75, 3.05) is 37.7 Å². The minimum absolute atomic E-state index is 0.332. The Morgan fingerprint density at radius 3 is 2.55 bits per heavy atom. The Morgan fingerprint density at radius 1 is 1.20 bits per heavy atom. The van der Waals surface area contributed by atoms with Crippen LogP contribution in [0.3, 0.4) is 0 Å². The smallest absolute Gasteiger partial charge is 0.128 e. The molecule has 0 radical (unpaired) electrons. The maximum Gasteiger partial charge on any atom is 0.128 e. The third-order valence-corrected chi connectivity index (χ3v) is 4.28. The summed E-state index contributed by atoms with van der Waals surface area (Å²) < 4.78 is 0. The van der Waals surface area contributed by atoms with E-state index in [4.69, 9.17) is 0 Å². The summed E-state index contributed by atoms with van der Waals surface area (Å²) in [7, 11) is 0. The predicted octanol–water partition coefficient (Wildman–Crippen LogP) is 1.64. The highest BCUT2D eigenvalue weighted by molar-refractivity contribution is 5.99. The fraction of sp³-hybridized carbons (Fsp3) is 0.562. The number of nitrogens with one attached hydrogen (secondary N) is 1. The van der Waals surface area contributed by atoms with Crippen molar-refractivity contribution in [3.63, 3.8) is 0 Å². The number of aliphatic hydroxyl groups excluding tert-OH is 1. The highest BCUT2D eigenvalue weighted by Gasteiger charge is 2.18. The van der Waals surface area contributed by atoms with Crippen LogP contribution in [0.15, 0.2) is 29.3 Å². The fourth-order valence-corrected chi connectivity index (χ4v) is 2.93. The average molecular weight is 273 g/mol. The van der Waals surface area contributed by atoms with Gasteiger partial charge in [-0.1, -0.05) is 0 Å². The van der Waals surface area contributed by atoms with Crippen molar-refractivity contribution in [3.8, 4) is 0 Å². The number of anilines is 1. The normalized spacial score (nSPS) is 20.4. The second kappa shape index (κ2) is 6.27. The Balaban J connectivity index is 1.66. The molecule has 2 aliphatic rings. The summed E-state index contributed by atoms with van der Waals surface area (Å²) in [6.07, 6.45) is 3.31. The Morgan fingerprint density at radius 2 is 1.95 bits per heavy atom. The molecule has 0 spiro atoms. The second-order valence-corrected chi connectivity index (χ2v) is 5.67. The summed E-state index contributed by atoms with van der Waals surface area (Å²) in [6, 6.07) is 8.69. The minimum Gasteiger partial charge on any atom is -0.396 e. The van der Waals surface area contributed by atoms with Gasteiger partial charge in [-0.2, -0.15) is 0 Å². The Labute approximate surface area is 120 Å². The molecule has 2 aliphatic heterocycles. The van der Waals surface area contributed by atoms with E-state index in [9.17, 15) is 5.11 Å². The van der Waals surface area contributed by atoms with Crippen molar-refractivity contribution >= 4 is 11.5 Å². The summed E-state index contributed by atoms with van der Waals surface area (Å²) in [5.41, 5.74) is 2.46. The molecule has 3 rings (SSSR count).